The number of rotatable bonds is 4. The van der Waals surface area contributed by atoms with Crippen LogP contribution in [0.4, 0.5) is 0 Å². The van der Waals surface area contributed by atoms with Crippen molar-refractivity contribution < 1.29 is 9.84 Å². The van der Waals surface area contributed by atoms with Gasteiger partial charge in [0.05, 0.1) is 12.1 Å². The molecule has 0 unspecified atom stereocenters. The second-order valence-corrected chi connectivity index (χ2v) is 5.55. The number of pyridine rings is 1. The molecule has 0 fully saturated rings. The maximum absolute atomic E-state index is 9.27. The highest BCUT2D eigenvalue weighted by atomic mass is 79.9. The van der Waals surface area contributed by atoms with Crippen molar-refractivity contribution in [2.75, 3.05) is 0 Å². The van der Waals surface area contributed by atoms with Gasteiger partial charge in [-0.25, -0.2) is 0 Å². The quantitative estimate of drug-likeness (QED) is 0.776. The van der Waals surface area contributed by atoms with Crippen LogP contribution < -0.4 is 4.74 Å². The van der Waals surface area contributed by atoms with Crippen LogP contribution in [0.3, 0.4) is 0 Å². The smallest absolute Gasteiger partial charge is 0.120 e. The molecule has 3 rings (SSSR count). The summed E-state index contributed by atoms with van der Waals surface area (Å²) in [5.74, 6) is 0.732. The van der Waals surface area contributed by atoms with Gasteiger partial charge in [0.15, 0.2) is 0 Å². The van der Waals surface area contributed by atoms with Crippen molar-refractivity contribution in [1.82, 2.24) is 4.98 Å². The first-order chi connectivity index (χ1) is 10.3. The third-order valence-electron chi connectivity index (χ3n) is 3.30. The number of hydrogen-bond acceptors (Lipinski definition) is 3. The third kappa shape index (κ3) is 3.06. The summed E-state index contributed by atoms with van der Waals surface area (Å²) in [6.45, 7) is 0.425. The molecule has 0 amide bonds. The molecule has 0 bridgehead atoms. The zero-order chi connectivity index (χ0) is 14.7. The highest BCUT2D eigenvalue weighted by Gasteiger charge is 2.05. The van der Waals surface area contributed by atoms with Gasteiger partial charge in [-0.15, -0.1) is 0 Å². The van der Waals surface area contributed by atoms with Crippen molar-refractivity contribution in [2.24, 2.45) is 0 Å². The summed E-state index contributed by atoms with van der Waals surface area (Å²) in [6, 6.07) is 15.6. The number of aliphatic hydroxyl groups excluding tert-OH is 1. The van der Waals surface area contributed by atoms with Gasteiger partial charge in [-0.1, -0.05) is 40.2 Å². The van der Waals surface area contributed by atoms with Crippen molar-refractivity contribution in [2.45, 2.75) is 13.2 Å². The SMILES string of the molecule is OCc1cc(OCc2cccc3cccnc23)ccc1Br. The molecular formula is C17H14BrNO2. The highest BCUT2D eigenvalue weighted by molar-refractivity contribution is 9.10. The predicted octanol–water partition coefficient (Wildman–Crippen LogP) is 4.07. The molecule has 0 spiro atoms. The van der Waals surface area contributed by atoms with Crippen LogP contribution in [0, 0.1) is 0 Å². The summed E-state index contributed by atoms with van der Waals surface area (Å²) in [7, 11) is 0. The van der Waals surface area contributed by atoms with E-state index in [2.05, 4.69) is 20.9 Å². The Hall–Kier alpha value is -1.91. The van der Waals surface area contributed by atoms with Crippen LogP contribution in [0.15, 0.2) is 59.2 Å². The predicted molar refractivity (Wildman–Crippen MR) is 86.1 cm³/mol. The molecule has 0 saturated carbocycles. The summed E-state index contributed by atoms with van der Waals surface area (Å²) < 4.78 is 6.70. The molecule has 1 N–H and O–H groups in total. The lowest BCUT2D eigenvalue weighted by Crippen LogP contribution is -1.98. The van der Waals surface area contributed by atoms with E-state index in [0.29, 0.717) is 6.61 Å². The van der Waals surface area contributed by atoms with Gasteiger partial charge < -0.3 is 9.84 Å². The minimum Gasteiger partial charge on any atom is -0.489 e. The molecule has 3 nitrogen and oxygen atoms in total. The van der Waals surface area contributed by atoms with Crippen LogP contribution in [0.25, 0.3) is 10.9 Å². The van der Waals surface area contributed by atoms with E-state index in [-0.39, 0.29) is 6.61 Å². The lowest BCUT2D eigenvalue weighted by atomic mass is 10.1. The highest BCUT2D eigenvalue weighted by Crippen LogP contribution is 2.24. The van der Waals surface area contributed by atoms with Gasteiger partial charge in [0.2, 0.25) is 0 Å². The van der Waals surface area contributed by atoms with Crippen molar-refractivity contribution in [3.05, 3.63) is 70.3 Å². The number of nitrogens with zero attached hydrogens (tertiary/aromatic N) is 1. The van der Waals surface area contributed by atoms with Crippen LogP contribution in [0.5, 0.6) is 5.75 Å². The van der Waals surface area contributed by atoms with Gasteiger partial charge in [-0.05, 0) is 29.8 Å². The summed E-state index contributed by atoms with van der Waals surface area (Å²) >= 11 is 3.39. The fourth-order valence-electron chi connectivity index (χ4n) is 2.21. The van der Waals surface area contributed by atoms with Crippen LogP contribution in [0.2, 0.25) is 0 Å². The molecule has 106 valence electrons. The molecule has 0 aliphatic carbocycles. The summed E-state index contributed by atoms with van der Waals surface area (Å²) in [5.41, 5.74) is 2.81. The zero-order valence-electron chi connectivity index (χ0n) is 11.3. The number of fused-ring (bicyclic) bond motifs is 1. The molecule has 3 aromatic rings. The van der Waals surface area contributed by atoms with Gasteiger partial charge in [-0.2, -0.15) is 0 Å². The van der Waals surface area contributed by atoms with E-state index in [1.807, 2.05) is 48.5 Å². The van der Waals surface area contributed by atoms with Crippen molar-refractivity contribution in [3.8, 4) is 5.75 Å². The number of hydrogen-bond donors (Lipinski definition) is 1. The number of halogens is 1. The van der Waals surface area contributed by atoms with Gasteiger partial charge in [0, 0.05) is 21.6 Å². The number of aliphatic hydroxyl groups is 1. The summed E-state index contributed by atoms with van der Waals surface area (Å²) in [6.07, 6.45) is 1.79. The van der Waals surface area contributed by atoms with E-state index in [9.17, 15) is 5.11 Å². The largest absolute Gasteiger partial charge is 0.489 e. The number of aromatic nitrogens is 1. The second-order valence-electron chi connectivity index (χ2n) is 4.69. The standard InChI is InChI=1S/C17H14BrNO2/c18-16-7-6-15(9-14(16)10-20)21-11-13-4-1-3-12-5-2-8-19-17(12)13/h1-9,20H,10-11H2. The van der Waals surface area contributed by atoms with Gasteiger partial charge in [0.1, 0.15) is 12.4 Å². The Labute approximate surface area is 131 Å². The molecule has 0 saturated heterocycles. The fraction of sp³-hybridized carbons (Fsp3) is 0.118. The third-order valence-corrected chi connectivity index (χ3v) is 4.07. The Kier molecular flexibility index (Phi) is 4.18. The lowest BCUT2D eigenvalue weighted by molar-refractivity contribution is 0.277. The molecule has 4 heteroatoms. The maximum Gasteiger partial charge on any atom is 0.120 e. The molecule has 21 heavy (non-hydrogen) atoms. The number of ether oxygens (including phenoxy) is 1. The van der Waals surface area contributed by atoms with E-state index in [1.54, 1.807) is 6.20 Å². The normalized spacial score (nSPS) is 10.8. The van der Waals surface area contributed by atoms with Crippen LogP contribution in [0.1, 0.15) is 11.1 Å². The molecule has 0 aliphatic heterocycles. The van der Waals surface area contributed by atoms with Crippen molar-refractivity contribution in [1.29, 1.82) is 0 Å². The Bertz CT molecular complexity index is 768. The van der Waals surface area contributed by atoms with E-state index in [0.717, 1.165) is 32.3 Å². The average molecular weight is 344 g/mol. The first-order valence-corrected chi connectivity index (χ1v) is 7.42. The van der Waals surface area contributed by atoms with Gasteiger partial charge in [-0.3, -0.25) is 4.98 Å². The van der Waals surface area contributed by atoms with E-state index >= 15 is 0 Å². The van der Waals surface area contributed by atoms with E-state index < -0.39 is 0 Å². The lowest BCUT2D eigenvalue weighted by Gasteiger charge is -2.10. The Balaban J connectivity index is 1.83. The minimum absolute atomic E-state index is 0.0202. The minimum atomic E-state index is -0.0202. The molecule has 2 aromatic carbocycles. The van der Waals surface area contributed by atoms with E-state index in [4.69, 9.17) is 4.74 Å². The first kappa shape index (κ1) is 14.0. The van der Waals surface area contributed by atoms with E-state index in [1.165, 1.54) is 0 Å². The average Bonchev–Trinajstić information content (AvgIpc) is 2.54. The summed E-state index contributed by atoms with van der Waals surface area (Å²) in [4.78, 5) is 4.41. The molecule has 0 aliphatic rings. The van der Waals surface area contributed by atoms with Gasteiger partial charge >= 0.3 is 0 Å². The first-order valence-electron chi connectivity index (χ1n) is 6.62. The number of benzene rings is 2. The maximum atomic E-state index is 9.27. The molecular weight excluding hydrogens is 330 g/mol. The zero-order valence-corrected chi connectivity index (χ0v) is 12.9. The second kappa shape index (κ2) is 6.24. The van der Waals surface area contributed by atoms with Crippen LogP contribution >= 0.6 is 15.9 Å². The summed E-state index contributed by atoms with van der Waals surface area (Å²) in [5, 5.41) is 10.4. The Morgan fingerprint density at radius 3 is 2.76 bits per heavy atom. The van der Waals surface area contributed by atoms with Crippen LogP contribution in [-0.4, -0.2) is 10.1 Å². The monoisotopic (exact) mass is 343 g/mol. The fourth-order valence-corrected chi connectivity index (χ4v) is 2.58. The molecule has 1 aromatic heterocycles. The Morgan fingerprint density at radius 2 is 1.90 bits per heavy atom. The van der Waals surface area contributed by atoms with Crippen LogP contribution in [-0.2, 0) is 13.2 Å². The molecule has 0 atom stereocenters. The topological polar surface area (TPSA) is 42.4 Å². The molecule has 0 radical (unpaired) electrons. The number of para-hydroxylation sites is 1. The van der Waals surface area contributed by atoms with Gasteiger partial charge in [0.25, 0.3) is 0 Å². The van der Waals surface area contributed by atoms with Crippen molar-refractivity contribution in [3.63, 3.8) is 0 Å². The molecule has 1 heterocycles. The Morgan fingerprint density at radius 1 is 1.05 bits per heavy atom. The van der Waals surface area contributed by atoms with Crippen molar-refractivity contribution >= 4 is 26.8 Å².